The number of benzene rings is 8. The summed E-state index contributed by atoms with van der Waals surface area (Å²) in [6.45, 7) is 20.3. The van der Waals surface area contributed by atoms with Gasteiger partial charge in [0, 0.05) is 82.3 Å². The van der Waals surface area contributed by atoms with Crippen LogP contribution < -0.4 is 64.2 Å². The van der Waals surface area contributed by atoms with Crippen LogP contribution in [0.2, 0.25) is 0 Å². The van der Waals surface area contributed by atoms with Gasteiger partial charge in [-0.3, -0.25) is 68.8 Å². The van der Waals surface area contributed by atoms with Crippen LogP contribution in [0.1, 0.15) is 149 Å². The number of likely N-dealkylation sites (tertiary alicyclic amines) is 1. The molecule has 0 radical (unpaired) electrons. The minimum absolute atomic E-state index is 0.00365. The van der Waals surface area contributed by atoms with E-state index in [1.165, 1.54) is 47.9 Å². The Labute approximate surface area is 754 Å². The highest BCUT2D eigenvalue weighted by Gasteiger charge is 2.41. The second-order valence-corrected chi connectivity index (χ2v) is 36.7. The van der Waals surface area contributed by atoms with E-state index in [2.05, 4.69) is 150 Å². The Morgan fingerprint density at radius 1 is 0.559 bits per heavy atom. The molecule has 26 nitrogen and oxygen atoms in total. The van der Waals surface area contributed by atoms with E-state index < -0.39 is 126 Å². The molecule has 127 heavy (non-hydrogen) atoms. The minimum Gasteiger partial charge on any atom is -0.377 e. The van der Waals surface area contributed by atoms with Crippen LogP contribution in [0.3, 0.4) is 0 Å². The molecule has 10 rings (SSSR count). The van der Waals surface area contributed by atoms with Gasteiger partial charge in [0.25, 0.3) is 0 Å². The van der Waals surface area contributed by atoms with Crippen LogP contribution in [0.25, 0.3) is 11.1 Å². The zero-order valence-electron chi connectivity index (χ0n) is 74.5. The molecule has 8 aromatic carbocycles. The smallest absolute Gasteiger partial charge is 0.244 e. The number of carbonyl (C=O) groups is 10. The summed E-state index contributed by atoms with van der Waals surface area (Å²) in [4.78, 5) is 137. The molecule has 0 aliphatic carbocycles. The Balaban J connectivity index is 0.000000291. The molecule has 2 aliphatic heterocycles. The third kappa shape index (κ3) is 31.0. The van der Waals surface area contributed by atoms with E-state index in [1.54, 1.807) is 24.0 Å². The van der Waals surface area contributed by atoms with Gasteiger partial charge in [0.15, 0.2) is 0 Å². The summed E-state index contributed by atoms with van der Waals surface area (Å²) in [5, 5.41) is 66.0. The number of aliphatic hydroxyl groups is 3. The van der Waals surface area contributed by atoms with Crippen molar-refractivity contribution in [1.82, 2.24) is 63.4 Å². The highest BCUT2D eigenvalue weighted by Crippen LogP contribution is 2.38. The van der Waals surface area contributed by atoms with Gasteiger partial charge in [0.05, 0.1) is 30.2 Å². The van der Waals surface area contributed by atoms with Crippen molar-refractivity contribution in [2.24, 2.45) is 17.6 Å². The molecular formula is C99H127N13O13S2. The third-order valence-corrected chi connectivity index (χ3v) is 25.0. The van der Waals surface area contributed by atoms with E-state index in [4.69, 9.17) is 5.73 Å². The Hall–Kier alpha value is -10.8. The first-order valence-electron chi connectivity index (χ1n) is 43.6. The van der Waals surface area contributed by atoms with Crippen molar-refractivity contribution in [3.8, 4) is 11.1 Å². The number of Topliss-reactive ketones (excluding diaryl/α,β-unsaturated/α-hetero) is 2. The molecule has 2 heterocycles. The summed E-state index contributed by atoms with van der Waals surface area (Å²) >= 11 is 0. The molecule has 0 aromatic heterocycles. The number of amides is 8. The number of nitrogens with two attached hydrogens (primary N) is 1. The zero-order chi connectivity index (χ0) is 91.9. The monoisotopic (exact) mass is 1770 g/mol. The lowest BCUT2D eigenvalue weighted by Crippen LogP contribution is -2.61. The van der Waals surface area contributed by atoms with Crippen molar-refractivity contribution in [3.63, 3.8) is 0 Å². The Bertz CT molecular complexity index is 4870. The predicted molar refractivity (Wildman–Crippen MR) is 500 cm³/mol. The second-order valence-electron chi connectivity index (χ2n) is 34.1. The van der Waals surface area contributed by atoms with Crippen LogP contribution in [0.4, 0.5) is 0 Å². The molecule has 0 saturated carbocycles. The summed E-state index contributed by atoms with van der Waals surface area (Å²) in [7, 11) is 2.58. The maximum atomic E-state index is 14.5. The average Bonchev–Trinajstić information content (AvgIpc) is 0.940. The van der Waals surface area contributed by atoms with Gasteiger partial charge < -0.3 is 63.6 Å². The first kappa shape index (κ1) is 100. The number of nitrogens with one attached hydrogen (secondary N) is 11. The molecule has 16 N–H and O–H groups in total. The fourth-order valence-electron chi connectivity index (χ4n) is 15.6. The lowest BCUT2D eigenvalue weighted by atomic mass is 9.76. The van der Waals surface area contributed by atoms with E-state index in [0.717, 1.165) is 61.2 Å². The van der Waals surface area contributed by atoms with Crippen LogP contribution >= 0.6 is 21.6 Å². The molecule has 8 amide bonds. The number of aliphatic hydroxyl groups excluding tert-OH is 3. The van der Waals surface area contributed by atoms with Crippen LogP contribution in [0.5, 0.6) is 0 Å². The van der Waals surface area contributed by atoms with Crippen LogP contribution in [0, 0.1) is 32.6 Å². The first-order chi connectivity index (χ1) is 60.7. The Kier molecular flexibility index (Phi) is 39.0. The number of nitrogens with zero attached hydrogens (tertiary/aromatic N) is 1. The van der Waals surface area contributed by atoms with Crippen molar-refractivity contribution < 1.29 is 63.3 Å². The van der Waals surface area contributed by atoms with E-state index in [0.29, 0.717) is 43.7 Å². The number of ketones is 2. The first-order valence-corrected chi connectivity index (χ1v) is 46.1. The minimum atomic E-state index is -1.48. The van der Waals surface area contributed by atoms with E-state index in [-0.39, 0.29) is 80.0 Å². The molecule has 13 atom stereocenters. The Morgan fingerprint density at radius 3 is 1.62 bits per heavy atom. The molecule has 28 heteroatoms. The number of hydrogen-bond acceptors (Lipinski definition) is 20. The van der Waals surface area contributed by atoms with E-state index in [1.807, 2.05) is 157 Å². The summed E-state index contributed by atoms with van der Waals surface area (Å²) < 4.78 is 0. The quantitative estimate of drug-likeness (QED) is 0.0110. The Morgan fingerprint density at radius 2 is 1.07 bits per heavy atom. The third-order valence-electron chi connectivity index (χ3n) is 22.4. The van der Waals surface area contributed by atoms with E-state index in [9.17, 15) is 63.3 Å². The lowest BCUT2D eigenvalue weighted by Gasteiger charge is -2.37. The zero-order valence-corrected chi connectivity index (χ0v) is 76.2. The summed E-state index contributed by atoms with van der Waals surface area (Å²) in [6, 6.07) is 60.4. The molecule has 2 saturated heterocycles. The largest absolute Gasteiger partial charge is 0.377 e. The summed E-state index contributed by atoms with van der Waals surface area (Å²) in [5.41, 5.74) is 18.5. The number of rotatable bonds is 31. The maximum absolute atomic E-state index is 14.5. The predicted octanol–water partition coefficient (Wildman–Crippen LogP) is 8.47. The highest BCUT2D eigenvalue weighted by molar-refractivity contribution is 8.76. The van der Waals surface area contributed by atoms with Gasteiger partial charge in [0.1, 0.15) is 60.5 Å². The van der Waals surface area contributed by atoms with Gasteiger partial charge in [0.2, 0.25) is 47.3 Å². The van der Waals surface area contributed by atoms with Crippen LogP contribution in [-0.2, 0) is 85.8 Å². The average molecular weight is 1770 g/mol. The fraction of sp³-hybridized carbons (Fsp3) is 0.414. The van der Waals surface area contributed by atoms with Gasteiger partial charge in [-0.1, -0.05) is 278 Å². The van der Waals surface area contributed by atoms with Gasteiger partial charge >= 0.3 is 0 Å². The van der Waals surface area contributed by atoms with Crippen LogP contribution in [0.15, 0.2) is 212 Å². The number of β-amino-alcohol motifs (C(OH)–C–C–N with tert-alkyl or cyclic N) is 1. The normalized spacial score (nSPS) is 20.3. The SMILES string of the molecule is CC(=O)C[C@@H]1NC(=O)[C@@H](NC(=O)[C@@H]2CCCN2[C@H](O)[C@@H](N)CC(C)C)CSSC[C@@H](C)NC(=O)C(C(C)C)N[C@H](O)CNC(=O)[C@H](Cc2ccc(C)cc2)NC(=O)[C@H](Cc2ccc(C)cc2)NC1=O.CC(=O)C[C@H](NC(=O)[C@H](Cc1ccc(-c2ccccc2)cc1)NC(C)=O)[C@@H](O)NCc1cccc(CNC(c2ccccc2)(c2ccccc2)c2ccc(C)cc2)c1. The van der Waals surface area contributed by atoms with Gasteiger partial charge in [-0.2, -0.15) is 0 Å². The van der Waals surface area contributed by atoms with Gasteiger partial charge in [-0.15, -0.1) is 0 Å². The molecule has 0 bridgehead atoms. The number of aryl methyl sites for hydroxylation is 3. The van der Waals surface area contributed by atoms with E-state index >= 15 is 0 Å². The molecule has 2 aliphatic rings. The van der Waals surface area contributed by atoms with Crippen molar-refractivity contribution >= 4 is 80.4 Å². The number of carbonyl (C=O) groups excluding carboxylic acids is 10. The second kappa shape index (κ2) is 49.5. The van der Waals surface area contributed by atoms with Crippen molar-refractivity contribution in [3.05, 3.63) is 274 Å². The summed E-state index contributed by atoms with van der Waals surface area (Å²) in [5.74, 6) is -5.06. The van der Waals surface area contributed by atoms with Crippen molar-refractivity contribution in [2.75, 3.05) is 24.6 Å². The molecule has 1 unspecified atom stereocenters. The molecule has 8 aromatic rings. The summed E-state index contributed by atoms with van der Waals surface area (Å²) in [6.07, 6.45) is -2.47. The molecular weight excluding hydrogens is 1640 g/mol. The van der Waals surface area contributed by atoms with Crippen LogP contribution in [-0.4, -0.2) is 183 Å². The number of hydrogen-bond donors (Lipinski definition) is 15. The fourth-order valence-corrected chi connectivity index (χ4v) is 18.1. The van der Waals surface area contributed by atoms with Gasteiger partial charge in [-0.25, -0.2) is 0 Å². The molecule has 678 valence electrons. The highest BCUT2D eigenvalue weighted by atomic mass is 33.1. The lowest BCUT2D eigenvalue weighted by molar-refractivity contribution is -0.136. The van der Waals surface area contributed by atoms with Gasteiger partial charge in [-0.05, 0) is 128 Å². The van der Waals surface area contributed by atoms with Crippen molar-refractivity contribution in [2.45, 2.75) is 225 Å². The topological polar surface area (TPSA) is 393 Å². The molecule has 2 fully saturated rings. The standard InChI is InChI=1S/C50H52N4O4.C49H75N9O9S2/c1-35-22-28-45(29-23-35)50(43-18-9-5-10-19-43,44-20-11-6-12-21-44)52-34-40-15-13-14-39(31-40)33-51-48(57)46(30-36(2)55)54-49(58)47(53-37(3)56)32-38-24-26-42(27-25-38)41-16-7-4-8-17-41;1-27(2)20-35(50)49(67)58-19-9-10-40(58)47(65)56-39-26-69-68-25-31(7)52-48(66)42(28(3)4)57-41(60)24-51-43(61)37(22-33-15-11-29(5)12-16-33)54-45(63)38(23-34-17-13-30(6)14-18-34)55-44(62)36(21-32(8)59)53-46(39)64/h4-29,31,46-48,51-52,57H,30,32-34H2,1-3H3,(H,53,56)(H,54,58);11-18,27-28,31,35-42,49,57,60,67H,9-10,19-26,50H2,1-8H3,(H,51,61)(H,52,66)(H,53,64)(H,54,63)(H,55,62)(H,56,65)/t46-,47-,48+;31-,35+,36+,37+,38+,39+,40+,41-,42?,49-/m01/s1. The maximum Gasteiger partial charge on any atom is 0.244 e. The molecule has 0 spiro atoms. The van der Waals surface area contributed by atoms with Crippen molar-refractivity contribution in [1.29, 1.82) is 0 Å².